The van der Waals surface area contributed by atoms with Crippen LogP contribution in [0.5, 0.6) is 5.75 Å². The first-order valence-corrected chi connectivity index (χ1v) is 7.43. The van der Waals surface area contributed by atoms with E-state index in [-0.39, 0.29) is 18.3 Å². The molecule has 1 unspecified atom stereocenters. The minimum Gasteiger partial charge on any atom is -0.490 e. The van der Waals surface area contributed by atoms with Crippen LogP contribution in [0.15, 0.2) is 18.2 Å². The summed E-state index contributed by atoms with van der Waals surface area (Å²) in [6, 6.07) is 5.41. The quantitative estimate of drug-likeness (QED) is 0.829. The molecule has 1 amide bonds. The molecule has 0 radical (unpaired) electrons. The highest BCUT2D eigenvalue weighted by molar-refractivity contribution is 6.31. The van der Waals surface area contributed by atoms with Gasteiger partial charge < -0.3 is 19.7 Å². The van der Waals surface area contributed by atoms with Gasteiger partial charge in [-0.3, -0.25) is 4.79 Å². The van der Waals surface area contributed by atoms with Crippen LogP contribution >= 0.6 is 24.0 Å². The molecular weight excluding hydrogens is 327 g/mol. The van der Waals surface area contributed by atoms with E-state index < -0.39 is 0 Å². The van der Waals surface area contributed by atoms with Crippen molar-refractivity contribution in [2.24, 2.45) is 0 Å². The fourth-order valence-corrected chi connectivity index (χ4v) is 2.49. The highest BCUT2D eigenvalue weighted by Gasteiger charge is 2.24. The van der Waals surface area contributed by atoms with Crippen molar-refractivity contribution < 1.29 is 14.3 Å². The second-order valence-corrected chi connectivity index (χ2v) is 5.52. The number of benzene rings is 1. The number of hydrogen-bond acceptors (Lipinski definition) is 4. The van der Waals surface area contributed by atoms with E-state index in [4.69, 9.17) is 21.1 Å². The van der Waals surface area contributed by atoms with Gasteiger partial charge in [0.15, 0.2) is 0 Å². The monoisotopic (exact) mass is 348 g/mol. The Labute approximate surface area is 142 Å². The normalized spacial score (nSPS) is 17.8. The fourth-order valence-electron chi connectivity index (χ4n) is 2.32. The first kappa shape index (κ1) is 19.0. The summed E-state index contributed by atoms with van der Waals surface area (Å²) in [4.78, 5) is 14.5. The van der Waals surface area contributed by atoms with Gasteiger partial charge in [-0.2, -0.15) is 0 Å². The van der Waals surface area contributed by atoms with E-state index >= 15 is 0 Å². The molecule has 2 rings (SSSR count). The molecule has 1 fully saturated rings. The lowest BCUT2D eigenvalue weighted by Crippen LogP contribution is -2.51. The van der Waals surface area contributed by atoms with Gasteiger partial charge in [-0.1, -0.05) is 11.6 Å². The van der Waals surface area contributed by atoms with Crippen LogP contribution in [-0.4, -0.2) is 56.8 Å². The first-order valence-electron chi connectivity index (χ1n) is 7.05. The molecule has 5 nitrogen and oxygen atoms in total. The van der Waals surface area contributed by atoms with Gasteiger partial charge in [0, 0.05) is 37.8 Å². The molecule has 0 saturated carbocycles. The summed E-state index contributed by atoms with van der Waals surface area (Å²) in [5, 5.41) is 3.85. The smallest absolute Gasteiger partial charge is 0.257 e. The number of nitrogens with zero attached hydrogens (tertiary/aromatic N) is 1. The molecule has 0 aliphatic carbocycles. The number of nitrogens with one attached hydrogen (secondary N) is 1. The Kier molecular flexibility index (Phi) is 7.96. The van der Waals surface area contributed by atoms with Crippen molar-refractivity contribution in [1.29, 1.82) is 0 Å². The van der Waals surface area contributed by atoms with Gasteiger partial charge in [-0.15, -0.1) is 12.4 Å². The summed E-state index contributed by atoms with van der Waals surface area (Å²) in [6.45, 7) is 5.11. The minimum atomic E-state index is -0.0433. The highest BCUT2D eigenvalue weighted by Crippen LogP contribution is 2.25. The maximum Gasteiger partial charge on any atom is 0.257 e. The standard InChI is InChI=1S/C15H21ClN2O3.ClH/c1-11-10-18(6-5-17-11)15(19)13-9-12(16)3-4-14(13)21-8-7-20-2;/h3-4,9,11,17H,5-8,10H2,1-2H3;1H. The van der Waals surface area contributed by atoms with Crippen LogP contribution in [-0.2, 0) is 4.74 Å². The third-order valence-electron chi connectivity index (χ3n) is 3.37. The van der Waals surface area contributed by atoms with Gasteiger partial charge >= 0.3 is 0 Å². The van der Waals surface area contributed by atoms with Gasteiger partial charge in [0.25, 0.3) is 5.91 Å². The molecule has 1 atom stereocenters. The van der Waals surface area contributed by atoms with E-state index in [9.17, 15) is 4.79 Å². The lowest BCUT2D eigenvalue weighted by atomic mass is 10.1. The van der Waals surface area contributed by atoms with Crippen LogP contribution in [0.4, 0.5) is 0 Å². The van der Waals surface area contributed by atoms with Crippen LogP contribution in [0.2, 0.25) is 5.02 Å². The topological polar surface area (TPSA) is 50.8 Å². The zero-order valence-electron chi connectivity index (χ0n) is 12.8. The number of halogens is 2. The van der Waals surface area contributed by atoms with Crippen molar-refractivity contribution in [1.82, 2.24) is 10.2 Å². The minimum absolute atomic E-state index is 0. The third-order valence-corrected chi connectivity index (χ3v) is 3.61. The summed E-state index contributed by atoms with van der Waals surface area (Å²) < 4.78 is 10.6. The van der Waals surface area contributed by atoms with Crippen LogP contribution < -0.4 is 10.1 Å². The van der Waals surface area contributed by atoms with Gasteiger partial charge in [0.1, 0.15) is 12.4 Å². The van der Waals surface area contributed by atoms with E-state index in [1.54, 1.807) is 25.3 Å². The molecule has 1 saturated heterocycles. The lowest BCUT2D eigenvalue weighted by Gasteiger charge is -2.32. The predicted octanol–water partition coefficient (Wildman–Crippen LogP) is 2.22. The van der Waals surface area contributed by atoms with E-state index in [0.717, 1.165) is 6.54 Å². The number of carbonyl (C=O) groups is 1. The first-order chi connectivity index (χ1) is 10.1. The van der Waals surface area contributed by atoms with Crippen LogP contribution in [0.1, 0.15) is 17.3 Å². The molecule has 1 aliphatic heterocycles. The summed E-state index contributed by atoms with van der Waals surface area (Å²) in [5.41, 5.74) is 0.507. The molecule has 124 valence electrons. The van der Waals surface area contributed by atoms with Gasteiger partial charge in [0.2, 0.25) is 0 Å². The van der Waals surface area contributed by atoms with E-state index in [0.29, 0.717) is 48.7 Å². The zero-order valence-corrected chi connectivity index (χ0v) is 14.4. The van der Waals surface area contributed by atoms with Gasteiger partial charge in [-0.05, 0) is 25.1 Å². The van der Waals surface area contributed by atoms with Crippen molar-refractivity contribution >= 4 is 29.9 Å². The average molecular weight is 349 g/mol. The number of ether oxygens (including phenoxy) is 2. The number of carbonyl (C=O) groups excluding carboxylic acids is 1. The maximum absolute atomic E-state index is 12.7. The SMILES string of the molecule is COCCOc1ccc(Cl)cc1C(=O)N1CCNC(C)C1.Cl. The Balaban J connectivity index is 0.00000242. The highest BCUT2D eigenvalue weighted by atomic mass is 35.5. The molecule has 1 aliphatic rings. The van der Waals surface area contributed by atoms with Crippen molar-refractivity contribution in [3.05, 3.63) is 28.8 Å². The molecule has 22 heavy (non-hydrogen) atoms. The zero-order chi connectivity index (χ0) is 15.2. The van der Waals surface area contributed by atoms with Gasteiger partial charge in [-0.25, -0.2) is 0 Å². The van der Waals surface area contributed by atoms with Crippen LogP contribution in [0.25, 0.3) is 0 Å². The fraction of sp³-hybridized carbons (Fsp3) is 0.533. The summed E-state index contributed by atoms with van der Waals surface area (Å²) in [7, 11) is 1.61. The molecule has 1 N–H and O–H groups in total. The van der Waals surface area contributed by atoms with Crippen molar-refractivity contribution in [2.45, 2.75) is 13.0 Å². The Morgan fingerprint density at radius 3 is 2.91 bits per heavy atom. The Morgan fingerprint density at radius 2 is 2.23 bits per heavy atom. The molecule has 0 bridgehead atoms. The number of amides is 1. The molecule has 0 spiro atoms. The lowest BCUT2D eigenvalue weighted by molar-refractivity contribution is 0.0702. The predicted molar refractivity (Wildman–Crippen MR) is 89.4 cm³/mol. The van der Waals surface area contributed by atoms with Crippen molar-refractivity contribution in [2.75, 3.05) is 40.0 Å². The summed E-state index contributed by atoms with van der Waals surface area (Å²) in [6.07, 6.45) is 0. The second-order valence-electron chi connectivity index (χ2n) is 5.09. The average Bonchev–Trinajstić information content (AvgIpc) is 2.48. The van der Waals surface area contributed by atoms with Gasteiger partial charge in [0.05, 0.1) is 12.2 Å². The van der Waals surface area contributed by atoms with Crippen LogP contribution in [0.3, 0.4) is 0 Å². The van der Waals surface area contributed by atoms with E-state index in [1.807, 2.05) is 4.90 Å². The Bertz CT molecular complexity index is 500. The van der Waals surface area contributed by atoms with Crippen LogP contribution in [0, 0.1) is 0 Å². The van der Waals surface area contributed by atoms with E-state index in [2.05, 4.69) is 12.2 Å². The van der Waals surface area contributed by atoms with Crippen molar-refractivity contribution in [3.8, 4) is 5.75 Å². The second kappa shape index (κ2) is 9.20. The Hall–Kier alpha value is -1.01. The third kappa shape index (κ3) is 5.02. The molecule has 1 heterocycles. The Morgan fingerprint density at radius 1 is 1.45 bits per heavy atom. The van der Waals surface area contributed by atoms with Crippen molar-refractivity contribution in [3.63, 3.8) is 0 Å². The number of rotatable bonds is 5. The number of hydrogen-bond donors (Lipinski definition) is 1. The molecule has 1 aromatic carbocycles. The molecular formula is C15H22Cl2N2O3. The largest absolute Gasteiger partial charge is 0.490 e. The van der Waals surface area contributed by atoms with E-state index in [1.165, 1.54) is 0 Å². The molecule has 0 aromatic heterocycles. The molecule has 1 aromatic rings. The maximum atomic E-state index is 12.7. The number of piperazine rings is 1. The summed E-state index contributed by atoms with van der Waals surface area (Å²) in [5.74, 6) is 0.505. The summed E-state index contributed by atoms with van der Waals surface area (Å²) >= 11 is 6.03. The molecule has 7 heteroatoms. The number of methoxy groups -OCH3 is 1.